The number of carbonyl (C=O) groups is 1. The third kappa shape index (κ3) is 3.49. The molecule has 0 unspecified atom stereocenters. The van der Waals surface area contributed by atoms with Crippen molar-refractivity contribution in [3.8, 4) is 0 Å². The van der Waals surface area contributed by atoms with Crippen molar-refractivity contribution in [1.29, 1.82) is 0 Å². The van der Waals surface area contributed by atoms with E-state index in [9.17, 15) is 4.79 Å². The van der Waals surface area contributed by atoms with Gasteiger partial charge in [-0.15, -0.1) is 0 Å². The minimum atomic E-state index is -0.00935. The number of carbonyl (C=O) groups excluding carboxylic acids is 1. The largest absolute Gasteiger partial charge is 0.366 e. The summed E-state index contributed by atoms with van der Waals surface area (Å²) in [4.78, 5) is 15.9. The lowest BCUT2D eigenvalue weighted by Crippen LogP contribution is -2.53. The van der Waals surface area contributed by atoms with Crippen molar-refractivity contribution < 1.29 is 4.79 Å². The molecule has 0 saturated carbocycles. The number of nitrogens with zero attached hydrogens (tertiary/aromatic N) is 2. The van der Waals surface area contributed by atoms with Crippen LogP contribution in [0.4, 0.5) is 10.5 Å². The second-order valence-electron chi connectivity index (χ2n) is 5.15. The lowest BCUT2D eigenvalue weighted by atomic mass is 10.2. The Morgan fingerprint density at radius 1 is 1.15 bits per heavy atom. The molecule has 2 rings (SSSR count). The van der Waals surface area contributed by atoms with Crippen LogP contribution in [0.2, 0.25) is 10.0 Å². The average molecular weight is 316 g/mol. The molecular weight excluding hydrogens is 297 g/mol. The van der Waals surface area contributed by atoms with Crippen LogP contribution in [-0.2, 0) is 0 Å². The van der Waals surface area contributed by atoms with Crippen LogP contribution in [-0.4, -0.2) is 43.2 Å². The standard InChI is InChI=1S/C14H19Cl2N3O/c1-10(2)17-14(20)19-8-6-18(7-9-19)13-11(15)4-3-5-12(13)16/h3-5,10H,6-9H2,1-2H3,(H,17,20). The lowest BCUT2D eigenvalue weighted by Gasteiger charge is -2.37. The Hall–Kier alpha value is -1.13. The van der Waals surface area contributed by atoms with Crippen molar-refractivity contribution in [2.45, 2.75) is 19.9 Å². The minimum absolute atomic E-state index is 0.00935. The minimum Gasteiger partial charge on any atom is -0.366 e. The highest BCUT2D eigenvalue weighted by molar-refractivity contribution is 6.39. The predicted molar refractivity (Wildman–Crippen MR) is 83.9 cm³/mol. The number of benzene rings is 1. The Labute approximate surface area is 129 Å². The molecule has 1 N–H and O–H groups in total. The number of amides is 2. The van der Waals surface area contributed by atoms with Gasteiger partial charge in [-0.3, -0.25) is 0 Å². The first kappa shape index (κ1) is 15.3. The molecular formula is C14H19Cl2N3O. The van der Waals surface area contributed by atoms with E-state index in [-0.39, 0.29) is 12.1 Å². The van der Waals surface area contributed by atoms with E-state index in [0.29, 0.717) is 23.1 Å². The first-order valence-corrected chi connectivity index (χ1v) is 7.49. The van der Waals surface area contributed by atoms with Gasteiger partial charge < -0.3 is 15.1 Å². The normalized spacial score (nSPS) is 15.7. The summed E-state index contributed by atoms with van der Waals surface area (Å²) < 4.78 is 0. The summed E-state index contributed by atoms with van der Waals surface area (Å²) in [6.07, 6.45) is 0. The molecule has 1 aromatic rings. The molecule has 110 valence electrons. The monoisotopic (exact) mass is 315 g/mol. The van der Waals surface area contributed by atoms with Crippen LogP contribution in [0.3, 0.4) is 0 Å². The van der Waals surface area contributed by atoms with Gasteiger partial charge in [-0.25, -0.2) is 4.79 Å². The Morgan fingerprint density at radius 3 is 2.20 bits per heavy atom. The van der Waals surface area contributed by atoms with Gasteiger partial charge in [0.2, 0.25) is 0 Å². The lowest BCUT2D eigenvalue weighted by molar-refractivity contribution is 0.192. The molecule has 1 heterocycles. The molecule has 1 aliphatic rings. The molecule has 1 aromatic carbocycles. The van der Waals surface area contributed by atoms with Gasteiger partial charge in [0, 0.05) is 32.2 Å². The zero-order valence-electron chi connectivity index (χ0n) is 11.7. The fourth-order valence-corrected chi connectivity index (χ4v) is 2.90. The molecule has 2 amide bonds. The van der Waals surface area contributed by atoms with Gasteiger partial charge in [0.15, 0.2) is 0 Å². The van der Waals surface area contributed by atoms with E-state index in [1.807, 2.05) is 36.9 Å². The zero-order chi connectivity index (χ0) is 14.7. The molecule has 0 radical (unpaired) electrons. The number of hydrogen-bond acceptors (Lipinski definition) is 2. The first-order valence-electron chi connectivity index (χ1n) is 6.73. The molecule has 1 fully saturated rings. The molecule has 1 aliphatic heterocycles. The number of piperazine rings is 1. The van der Waals surface area contributed by atoms with Crippen molar-refractivity contribution in [3.63, 3.8) is 0 Å². The summed E-state index contributed by atoms with van der Waals surface area (Å²) in [6.45, 7) is 6.71. The summed E-state index contributed by atoms with van der Waals surface area (Å²) in [7, 11) is 0. The quantitative estimate of drug-likeness (QED) is 0.909. The number of rotatable bonds is 2. The maximum absolute atomic E-state index is 11.9. The number of halogens is 2. The van der Waals surface area contributed by atoms with Gasteiger partial charge in [0.1, 0.15) is 0 Å². The highest BCUT2D eigenvalue weighted by Crippen LogP contribution is 2.33. The fourth-order valence-electron chi connectivity index (χ4n) is 2.26. The van der Waals surface area contributed by atoms with Crippen LogP contribution >= 0.6 is 23.2 Å². The second-order valence-corrected chi connectivity index (χ2v) is 5.96. The third-order valence-electron chi connectivity index (χ3n) is 3.23. The van der Waals surface area contributed by atoms with Crippen LogP contribution < -0.4 is 10.2 Å². The molecule has 0 spiro atoms. The topological polar surface area (TPSA) is 35.6 Å². The van der Waals surface area contributed by atoms with E-state index in [0.717, 1.165) is 18.8 Å². The number of urea groups is 1. The summed E-state index contributed by atoms with van der Waals surface area (Å²) in [6, 6.07) is 5.64. The highest BCUT2D eigenvalue weighted by Gasteiger charge is 2.23. The maximum atomic E-state index is 11.9. The van der Waals surface area contributed by atoms with E-state index in [4.69, 9.17) is 23.2 Å². The van der Waals surface area contributed by atoms with Crippen LogP contribution in [0.5, 0.6) is 0 Å². The average Bonchev–Trinajstić information content (AvgIpc) is 2.38. The van der Waals surface area contributed by atoms with E-state index in [2.05, 4.69) is 10.2 Å². The predicted octanol–water partition coefficient (Wildman–Crippen LogP) is 3.23. The number of anilines is 1. The molecule has 0 aliphatic carbocycles. The van der Waals surface area contributed by atoms with Crippen molar-refractivity contribution >= 4 is 34.9 Å². The fraction of sp³-hybridized carbons (Fsp3) is 0.500. The number of nitrogens with one attached hydrogen (secondary N) is 1. The Kier molecular flexibility index (Phi) is 5.00. The van der Waals surface area contributed by atoms with Gasteiger partial charge in [0.05, 0.1) is 15.7 Å². The van der Waals surface area contributed by atoms with E-state index in [1.54, 1.807) is 0 Å². The molecule has 0 bridgehead atoms. The molecule has 20 heavy (non-hydrogen) atoms. The second kappa shape index (κ2) is 6.55. The smallest absolute Gasteiger partial charge is 0.317 e. The van der Waals surface area contributed by atoms with Gasteiger partial charge >= 0.3 is 6.03 Å². The van der Waals surface area contributed by atoms with Crippen molar-refractivity contribution in [2.75, 3.05) is 31.1 Å². The summed E-state index contributed by atoms with van der Waals surface area (Å²) in [5.41, 5.74) is 0.861. The Bertz CT molecular complexity index is 465. The van der Waals surface area contributed by atoms with Crippen molar-refractivity contribution in [2.24, 2.45) is 0 Å². The Morgan fingerprint density at radius 2 is 1.70 bits per heavy atom. The van der Waals surface area contributed by atoms with E-state index < -0.39 is 0 Å². The highest BCUT2D eigenvalue weighted by atomic mass is 35.5. The number of hydrogen-bond donors (Lipinski definition) is 1. The van der Waals surface area contributed by atoms with Gasteiger partial charge in [-0.1, -0.05) is 29.3 Å². The van der Waals surface area contributed by atoms with Crippen molar-refractivity contribution in [3.05, 3.63) is 28.2 Å². The van der Waals surface area contributed by atoms with E-state index in [1.165, 1.54) is 0 Å². The van der Waals surface area contributed by atoms with Crippen LogP contribution in [0, 0.1) is 0 Å². The number of para-hydroxylation sites is 1. The van der Waals surface area contributed by atoms with E-state index >= 15 is 0 Å². The van der Waals surface area contributed by atoms with Crippen LogP contribution in [0.15, 0.2) is 18.2 Å². The van der Waals surface area contributed by atoms with Crippen LogP contribution in [0.1, 0.15) is 13.8 Å². The Balaban J connectivity index is 1.99. The summed E-state index contributed by atoms with van der Waals surface area (Å²) in [5.74, 6) is 0. The molecule has 4 nitrogen and oxygen atoms in total. The van der Waals surface area contributed by atoms with Crippen LogP contribution in [0.25, 0.3) is 0 Å². The maximum Gasteiger partial charge on any atom is 0.317 e. The van der Waals surface area contributed by atoms with Gasteiger partial charge in [0.25, 0.3) is 0 Å². The molecule has 0 aromatic heterocycles. The molecule has 6 heteroatoms. The third-order valence-corrected chi connectivity index (χ3v) is 3.84. The SMILES string of the molecule is CC(C)NC(=O)N1CCN(c2c(Cl)cccc2Cl)CC1. The van der Waals surface area contributed by atoms with Gasteiger partial charge in [-0.05, 0) is 26.0 Å². The summed E-state index contributed by atoms with van der Waals surface area (Å²) in [5, 5.41) is 4.21. The molecule has 0 atom stereocenters. The zero-order valence-corrected chi connectivity index (χ0v) is 13.2. The van der Waals surface area contributed by atoms with Crippen molar-refractivity contribution in [1.82, 2.24) is 10.2 Å². The summed E-state index contributed by atoms with van der Waals surface area (Å²) >= 11 is 12.4. The first-order chi connectivity index (χ1) is 9.49. The molecule has 1 saturated heterocycles. The van der Waals surface area contributed by atoms with Gasteiger partial charge in [-0.2, -0.15) is 0 Å².